The molecule has 2 aromatic heterocycles. The Morgan fingerprint density at radius 2 is 2.00 bits per heavy atom. The van der Waals surface area contributed by atoms with E-state index in [9.17, 15) is 0 Å². The van der Waals surface area contributed by atoms with Crippen molar-refractivity contribution in [2.75, 3.05) is 20.0 Å². The Hall–Kier alpha value is -1.73. The standard InChI is InChI=1S/C14H14BrN3O2S/c1-19-11-5-9-10(6-12(11)20-2)18(14(16)17-9)7-13-8(15)3-4-21-13/h3-6H,7H2,1-2H3,(H2,16,17). The van der Waals surface area contributed by atoms with Gasteiger partial charge < -0.3 is 19.8 Å². The normalized spacial score (nSPS) is 11.0. The zero-order valence-electron chi connectivity index (χ0n) is 11.6. The molecule has 2 heterocycles. The van der Waals surface area contributed by atoms with E-state index >= 15 is 0 Å². The first-order valence-corrected chi connectivity index (χ1v) is 7.91. The fourth-order valence-electron chi connectivity index (χ4n) is 2.22. The topological polar surface area (TPSA) is 62.3 Å². The summed E-state index contributed by atoms with van der Waals surface area (Å²) in [6.07, 6.45) is 0. The zero-order valence-corrected chi connectivity index (χ0v) is 14.0. The summed E-state index contributed by atoms with van der Waals surface area (Å²) in [5.74, 6) is 1.78. The summed E-state index contributed by atoms with van der Waals surface area (Å²) in [7, 11) is 3.22. The fourth-order valence-corrected chi connectivity index (χ4v) is 3.68. The van der Waals surface area contributed by atoms with Gasteiger partial charge in [0.25, 0.3) is 0 Å². The summed E-state index contributed by atoms with van der Waals surface area (Å²) < 4.78 is 13.7. The molecule has 0 atom stereocenters. The summed E-state index contributed by atoms with van der Waals surface area (Å²) in [4.78, 5) is 5.59. The third kappa shape index (κ3) is 2.47. The molecule has 0 aliphatic heterocycles. The number of thiophene rings is 1. The maximum absolute atomic E-state index is 6.06. The molecule has 0 spiro atoms. The van der Waals surface area contributed by atoms with Crippen LogP contribution in [0.3, 0.4) is 0 Å². The monoisotopic (exact) mass is 367 g/mol. The number of hydrogen-bond donors (Lipinski definition) is 1. The molecule has 3 aromatic rings. The lowest BCUT2D eigenvalue weighted by atomic mass is 10.2. The van der Waals surface area contributed by atoms with Gasteiger partial charge in [-0.2, -0.15) is 0 Å². The van der Waals surface area contributed by atoms with Crippen molar-refractivity contribution in [2.45, 2.75) is 6.54 Å². The molecule has 0 radical (unpaired) electrons. The molecule has 0 aliphatic rings. The van der Waals surface area contributed by atoms with E-state index in [1.807, 2.05) is 28.1 Å². The second-order valence-corrected chi connectivity index (χ2v) is 6.30. The number of methoxy groups -OCH3 is 2. The average Bonchev–Trinajstić information content (AvgIpc) is 3.02. The molecule has 0 bridgehead atoms. The molecule has 1 aromatic carbocycles. The molecule has 0 fully saturated rings. The molecule has 21 heavy (non-hydrogen) atoms. The van der Waals surface area contributed by atoms with Crippen molar-refractivity contribution in [3.63, 3.8) is 0 Å². The van der Waals surface area contributed by atoms with Crippen molar-refractivity contribution < 1.29 is 9.47 Å². The first-order chi connectivity index (χ1) is 10.1. The van der Waals surface area contributed by atoms with Crippen molar-refractivity contribution in [1.29, 1.82) is 0 Å². The van der Waals surface area contributed by atoms with Gasteiger partial charge in [0.05, 0.1) is 31.8 Å². The van der Waals surface area contributed by atoms with E-state index in [0.717, 1.165) is 15.5 Å². The van der Waals surface area contributed by atoms with Crippen LogP contribution in [0.4, 0.5) is 5.95 Å². The zero-order chi connectivity index (χ0) is 15.0. The van der Waals surface area contributed by atoms with Crippen LogP contribution in [0.2, 0.25) is 0 Å². The summed E-state index contributed by atoms with van der Waals surface area (Å²) in [6.45, 7) is 0.663. The number of imidazole rings is 1. The van der Waals surface area contributed by atoms with Crippen LogP contribution in [0.5, 0.6) is 11.5 Å². The number of halogens is 1. The fraction of sp³-hybridized carbons (Fsp3) is 0.214. The lowest BCUT2D eigenvalue weighted by Crippen LogP contribution is -2.04. The van der Waals surface area contributed by atoms with Crippen molar-refractivity contribution in [1.82, 2.24) is 9.55 Å². The minimum absolute atomic E-state index is 0.473. The van der Waals surface area contributed by atoms with Crippen molar-refractivity contribution in [3.05, 3.63) is 32.9 Å². The number of fused-ring (bicyclic) bond motifs is 1. The van der Waals surface area contributed by atoms with E-state index in [1.54, 1.807) is 25.6 Å². The molecular weight excluding hydrogens is 354 g/mol. The van der Waals surface area contributed by atoms with Crippen LogP contribution in [0, 0.1) is 0 Å². The van der Waals surface area contributed by atoms with Gasteiger partial charge in [-0.1, -0.05) is 0 Å². The average molecular weight is 368 g/mol. The van der Waals surface area contributed by atoms with Gasteiger partial charge in [0.1, 0.15) is 0 Å². The smallest absolute Gasteiger partial charge is 0.201 e. The number of aromatic nitrogens is 2. The number of benzene rings is 1. The van der Waals surface area contributed by atoms with Gasteiger partial charge in [0.15, 0.2) is 11.5 Å². The van der Waals surface area contributed by atoms with Crippen LogP contribution in [0.1, 0.15) is 4.88 Å². The molecule has 0 saturated carbocycles. The Morgan fingerprint density at radius 1 is 1.29 bits per heavy atom. The van der Waals surface area contributed by atoms with Gasteiger partial charge in [-0.3, -0.25) is 0 Å². The van der Waals surface area contributed by atoms with E-state index in [0.29, 0.717) is 24.0 Å². The van der Waals surface area contributed by atoms with Gasteiger partial charge in [-0.05, 0) is 27.4 Å². The number of nitrogens with zero attached hydrogens (tertiary/aromatic N) is 2. The van der Waals surface area contributed by atoms with Gasteiger partial charge in [0, 0.05) is 21.5 Å². The SMILES string of the molecule is COc1cc2nc(N)n(Cc3sccc3Br)c2cc1OC. The predicted molar refractivity (Wildman–Crippen MR) is 88.4 cm³/mol. The molecule has 2 N–H and O–H groups in total. The largest absolute Gasteiger partial charge is 0.493 e. The van der Waals surface area contributed by atoms with E-state index in [2.05, 4.69) is 20.9 Å². The van der Waals surface area contributed by atoms with Gasteiger partial charge in [0.2, 0.25) is 5.95 Å². The molecule has 0 saturated heterocycles. The first-order valence-electron chi connectivity index (χ1n) is 6.23. The molecule has 7 heteroatoms. The maximum atomic E-state index is 6.06. The Kier molecular flexibility index (Phi) is 3.77. The third-order valence-electron chi connectivity index (χ3n) is 3.28. The van der Waals surface area contributed by atoms with Crippen LogP contribution in [0.15, 0.2) is 28.1 Å². The van der Waals surface area contributed by atoms with Crippen molar-refractivity contribution in [3.8, 4) is 11.5 Å². The Morgan fingerprint density at radius 3 is 2.62 bits per heavy atom. The number of nitrogen functional groups attached to an aromatic ring is 1. The van der Waals surface area contributed by atoms with Crippen molar-refractivity contribution in [2.24, 2.45) is 0 Å². The molecule has 0 unspecified atom stereocenters. The van der Waals surface area contributed by atoms with E-state index in [-0.39, 0.29) is 0 Å². The van der Waals surface area contributed by atoms with Crippen molar-refractivity contribution >= 4 is 44.2 Å². The minimum Gasteiger partial charge on any atom is -0.493 e. The van der Waals surface area contributed by atoms with Crippen LogP contribution in [-0.2, 0) is 6.54 Å². The van der Waals surface area contributed by atoms with Gasteiger partial charge in [-0.15, -0.1) is 11.3 Å². The van der Waals surface area contributed by atoms with Crippen LogP contribution in [-0.4, -0.2) is 23.8 Å². The summed E-state index contributed by atoms with van der Waals surface area (Å²) >= 11 is 5.22. The highest BCUT2D eigenvalue weighted by Crippen LogP contribution is 2.34. The third-order valence-corrected chi connectivity index (χ3v) is 5.19. The summed E-state index contributed by atoms with van der Waals surface area (Å²) in [5.41, 5.74) is 7.77. The Bertz CT molecular complexity index is 797. The van der Waals surface area contributed by atoms with Crippen LogP contribution < -0.4 is 15.2 Å². The summed E-state index contributed by atoms with van der Waals surface area (Å²) in [6, 6.07) is 5.77. The molecule has 3 rings (SSSR count). The van der Waals surface area contributed by atoms with E-state index in [4.69, 9.17) is 15.2 Å². The van der Waals surface area contributed by atoms with Crippen LogP contribution >= 0.6 is 27.3 Å². The number of anilines is 1. The predicted octanol–water partition coefficient (Wildman–Crippen LogP) is 3.51. The molecular formula is C14H14BrN3O2S. The molecule has 0 amide bonds. The molecule has 110 valence electrons. The van der Waals surface area contributed by atoms with E-state index < -0.39 is 0 Å². The Labute approximate surface area is 134 Å². The highest BCUT2D eigenvalue weighted by Gasteiger charge is 2.15. The maximum Gasteiger partial charge on any atom is 0.201 e. The Balaban J connectivity index is 2.14. The summed E-state index contributed by atoms with van der Waals surface area (Å²) in [5, 5.41) is 2.04. The highest BCUT2D eigenvalue weighted by molar-refractivity contribution is 9.10. The molecule has 5 nitrogen and oxygen atoms in total. The molecule has 0 aliphatic carbocycles. The quantitative estimate of drug-likeness (QED) is 0.766. The van der Waals surface area contributed by atoms with Gasteiger partial charge in [-0.25, -0.2) is 4.98 Å². The van der Waals surface area contributed by atoms with E-state index in [1.165, 1.54) is 4.88 Å². The second kappa shape index (κ2) is 5.57. The highest BCUT2D eigenvalue weighted by atomic mass is 79.9. The number of rotatable bonds is 4. The number of ether oxygens (including phenoxy) is 2. The minimum atomic E-state index is 0.473. The number of hydrogen-bond acceptors (Lipinski definition) is 5. The number of nitrogens with two attached hydrogens (primary N) is 1. The second-order valence-electron chi connectivity index (χ2n) is 4.44. The lowest BCUT2D eigenvalue weighted by molar-refractivity contribution is 0.355. The van der Waals surface area contributed by atoms with Gasteiger partial charge >= 0.3 is 0 Å². The first kappa shape index (κ1) is 14.2. The van der Waals surface area contributed by atoms with Crippen LogP contribution in [0.25, 0.3) is 11.0 Å². The lowest BCUT2D eigenvalue weighted by Gasteiger charge is -2.09.